The molecule has 0 bridgehead atoms. The van der Waals surface area contributed by atoms with Crippen LogP contribution in [-0.2, 0) is 16.0 Å². The second-order valence-electron chi connectivity index (χ2n) is 7.07. The normalized spacial score (nSPS) is 13.9. The molecule has 0 aromatic heterocycles. The Morgan fingerprint density at radius 1 is 0.793 bits per heavy atom. The summed E-state index contributed by atoms with van der Waals surface area (Å²) >= 11 is 0. The first-order valence-corrected chi connectivity index (χ1v) is 9.69. The lowest BCUT2D eigenvalue weighted by Gasteiger charge is -2.16. The molecule has 4 nitrogen and oxygen atoms in total. The molecule has 29 heavy (non-hydrogen) atoms. The van der Waals surface area contributed by atoms with Crippen LogP contribution < -0.4 is 10.2 Å². The van der Waals surface area contributed by atoms with Gasteiger partial charge in [0.05, 0.1) is 11.3 Å². The van der Waals surface area contributed by atoms with Gasteiger partial charge in [0.1, 0.15) is 5.70 Å². The number of nitrogens with one attached hydrogen (secondary N) is 1. The number of carbonyl (C=O) groups excluding carboxylic acids is 2. The highest BCUT2D eigenvalue weighted by Gasteiger charge is 2.40. The second-order valence-corrected chi connectivity index (χ2v) is 7.07. The highest BCUT2D eigenvalue weighted by Crippen LogP contribution is 2.34. The SMILES string of the molecule is CCc1ccc(N2C(=O)C(Nc3ccccc3)=C(c3ccc(C)cc3)C2=O)cc1. The van der Waals surface area contributed by atoms with E-state index in [4.69, 9.17) is 0 Å². The molecule has 4 heteroatoms. The fourth-order valence-corrected chi connectivity index (χ4v) is 3.41. The van der Waals surface area contributed by atoms with Gasteiger partial charge in [0, 0.05) is 5.69 Å². The molecule has 0 fully saturated rings. The number of nitrogens with zero attached hydrogens (tertiary/aromatic N) is 1. The van der Waals surface area contributed by atoms with Crippen LogP contribution in [0.25, 0.3) is 5.57 Å². The average molecular weight is 382 g/mol. The Balaban J connectivity index is 1.79. The Labute approximate surface area is 170 Å². The quantitative estimate of drug-likeness (QED) is 0.635. The molecule has 0 atom stereocenters. The van der Waals surface area contributed by atoms with E-state index in [1.807, 2.05) is 85.8 Å². The number of hydrogen-bond acceptors (Lipinski definition) is 3. The van der Waals surface area contributed by atoms with Crippen molar-refractivity contribution in [2.45, 2.75) is 20.3 Å². The number of carbonyl (C=O) groups is 2. The maximum Gasteiger partial charge on any atom is 0.282 e. The van der Waals surface area contributed by atoms with Crippen LogP contribution in [0.3, 0.4) is 0 Å². The molecule has 0 saturated heterocycles. The Morgan fingerprint density at radius 3 is 2.07 bits per heavy atom. The first kappa shape index (κ1) is 18.7. The minimum atomic E-state index is -0.348. The van der Waals surface area contributed by atoms with Crippen molar-refractivity contribution in [3.8, 4) is 0 Å². The Hall–Kier alpha value is -3.66. The van der Waals surface area contributed by atoms with Crippen LogP contribution in [0.2, 0.25) is 0 Å². The van der Waals surface area contributed by atoms with E-state index in [0.29, 0.717) is 17.0 Å². The highest BCUT2D eigenvalue weighted by atomic mass is 16.2. The first-order valence-electron chi connectivity index (χ1n) is 9.69. The molecular formula is C25H22N2O2. The lowest BCUT2D eigenvalue weighted by Crippen LogP contribution is -2.32. The van der Waals surface area contributed by atoms with Crippen LogP contribution in [0.1, 0.15) is 23.6 Å². The Kier molecular flexibility index (Phi) is 5.00. The number of anilines is 2. The van der Waals surface area contributed by atoms with E-state index in [-0.39, 0.29) is 11.8 Å². The zero-order valence-corrected chi connectivity index (χ0v) is 16.5. The summed E-state index contributed by atoms with van der Waals surface area (Å²) in [5, 5.41) is 3.17. The van der Waals surface area contributed by atoms with Gasteiger partial charge in [-0.25, -0.2) is 4.90 Å². The first-order chi connectivity index (χ1) is 14.1. The maximum absolute atomic E-state index is 13.4. The van der Waals surface area contributed by atoms with Crippen molar-refractivity contribution in [2.24, 2.45) is 0 Å². The van der Waals surface area contributed by atoms with Gasteiger partial charge in [0.2, 0.25) is 0 Å². The van der Waals surface area contributed by atoms with Gasteiger partial charge in [-0.2, -0.15) is 0 Å². The summed E-state index contributed by atoms with van der Waals surface area (Å²) in [5.74, 6) is -0.666. The third-order valence-corrected chi connectivity index (χ3v) is 5.07. The molecule has 3 aromatic rings. The number of imide groups is 1. The van der Waals surface area contributed by atoms with E-state index >= 15 is 0 Å². The number of aryl methyl sites for hydroxylation is 2. The second kappa shape index (κ2) is 7.76. The Bertz CT molecular complexity index is 1080. The van der Waals surface area contributed by atoms with E-state index in [1.54, 1.807) is 0 Å². The van der Waals surface area contributed by atoms with Gasteiger partial charge >= 0.3 is 0 Å². The smallest absolute Gasteiger partial charge is 0.282 e. The molecule has 1 N–H and O–H groups in total. The molecule has 0 spiro atoms. The maximum atomic E-state index is 13.4. The molecule has 0 saturated carbocycles. The Morgan fingerprint density at radius 2 is 1.45 bits per heavy atom. The monoisotopic (exact) mass is 382 g/mol. The minimum absolute atomic E-state index is 0.296. The highest BCUT2D eigenvalue weighted by molar-refractivity contribution is 6.46. The van der Waals surface area contributed by atoms with E-state index in [0.717, 1.165) is 28.8 Å². The van der Waals surface area contributed by atoms with E-state index < -0.39 is 0 Å². The van der Waals surface area contributed by atoms with Crippen LogP contribution in [-0.4, -0.2) is 11.8 Å². The van der Waals surface area contributed by atoms with Gasteiger partial charge in [-0.1, -0.05) is 67.1 Å². The summed E-state index contributed by atoms with van der Waals surface area (Å²) in [5.41, 5.74) is 4.99. The molecule has 144 valence electrons. The third-order valence-electron chi connectivity index (χ3n) is 5.07. The van der Waals surface area contributed by atoms with Crippen molar-refractivity contribution in [2.75, 3.05) is 10.2 Å². The molecule has 1 aliphatic rings. The molecule has 2 amide bonds. The van der Waals surface area contributed by atoms with Gasteiger partial charge in [0.15, 0.2) is 0 Å². The van der Waals surface area contributed by atoms with Gasteiger partial charge in [-0.3, -0.25) is 9.59 Å². The van der Waals surface area contributed by atoms with Crippen molar-refractivity contribution >= 4 is 28.8 Å². The lowest BCUT2D eigenvalue weighted by molar-refractivity contribution is -0.120. The largest absolute Gasteiger partial charge is 0.350 e. The number of rotatable bonds is 5. The van der Waals surface area contributed by atoms with Gasteiger partial charge in [0.25, 0.3) is 11.8 Å². The van der Waals surface area contributed by atoms with Crippen molar-refractivity contribution in [1.82, 2.24) is 0 Å². The standard InChI is InChI=1S/C25H22N2O2/c1-3-18-11-15-21(16-12-18)27-24(28)22(19-13-9-17(2)10-14-19)23(25(27)29)26-20-7-5-4-6-8-20/h4-16,26H,3H2,1-2H3. The number of benzene rings is 3. The zero-order chi connectivity index (χ0) is 20.4. The van der Waals surface area contributed by atoms with Crippen LogP contribution in [0.4, 0.5) is 11.4 Å². The summed E-state index contributed by atoms with van der Waals surface area (Å²) in [6.45, 7) is 4.06. The summed E-state index contributed by atoms with van der Waals surface area (Å²) in [7, 11) is 0. The molecular weight excluding hydrogens is 360 g/mol. The lowest BCUT2D eigenvalue weighted by atomic mass is 10.0. The molecule has 1 aliphatic heterocycles. The summed E-state index contributed by atoms with van der Waals surface area (Å²) < 4.78 is 0. The van der Waals surface area contributed by atoms with Crippen molar-refractivity contribution in [3.05, 3.63) is 101 Å². The molecule has 4 rings (SSSR count). The fourth-order valence-electron chi connectivity index (χ4n) is 3.41. The summed E-state index contributed by atoms with van der Waals surface area (Å²) in [4.78, 5) is 27.9. The topological polar surface area (TPSA) is 49.4 Å². The minimum Gasteiger partial charge on any atom is -0.350 e. The van der Waals surface area contributed by atoms with Gasteiger partial charge < -0.3 is 5.32 Å². The average Bonchev–Trinajstić information content (AvgIpc) is 2.99. The van der Waals surface area contributed by atoms with Crippen molar-refractivity contribution in [3.63, 3.8) is 0 Å². The van der Waals surface area contributed by atoms with Crippen LogP contribution in [0, 0.1) is 6.92 Å². The van der Waals surface area contributed by atoms with Gasteiger partial charge in [-0.15, -0.1) is 0 Å². The van der Waals surface area contributed by atoms with Crippen molar-refractivity contribution < 1.29 is 9.59 Å². The van der Waals surface area contributed by atoms with Crippen molar-refractivity contribution in [1.29, 1.82) is 0 Å². The molecule has 1 heterocycles. The van der Waals surface area contributed by atoms with Crippen LogP contribution >= 0.6 is 0 Å². The summed E-state index contributed by atoms with van der Waals surface area (Å²) in [6.07, 6.45) is 0.899. The zero-order valence-electron chi connectivity index (χ0n) is 16.5. The third kappa shape index (κ3) is 3.57. The fraction of sp³-hybridized carbons (Fsp3) is 0.120. The van der Waals surface area contributed by atoms with E-state index in [9.17, 15) is 9.59 Å². The molecule has 0 unspecified atom stereocenters. The van der Waals surface area contributed by atoms with E-state index in [1.165, 1.54) is 4.90 Å². The number of hydrogen-bond donors (Lipinski definition) is 1. The molecule has 3 aromatic carbocycles. The van der Waals surface area contributed by atoms with Crippen LogP contribution in [0.15, 0.2) is 84.6 Å². The predicted octanol–water partition coefficient (Wildman–Crippen LogP) is 4.95. The molecule has 0 radical (unpaired) electrons. The number of para-hydroxylation sites is 1. The number of amides is 2. The van der Waals surface area contributed by atoms with E-state index in [2.05, 4.69) is 12.2 Å². The van der Waals surface area contributed by atoms with Gasteiger partial charge in [-0.05, 0) is 48.7 Å². The predicted molar refractivity (Wildman–Crippen MR) is 116 cm³/mol. The summed E-state index contributed by atoms with van der Waals surface area (Å²) in [6, 6.07) is 24.6. The van der Waals surface area contributed by atoms with Crippen LogP contribution in [0.5, 0.6) is 0 Å². The molecule has 0 aliphatic carbocycles.